The molecule has 0 saturated heterocycles. The lowest BCUT2D eigenvalue weighted by Gasteiger charge is -2.04. The van der Waals surface area contributed by atoms with E-state index in [9.17, 15) is 13.6 Å². The third-order valence-corrected chi connectivity index (χ3v) is 2.75. The van der Waals surface area contributed by atoms with Crippen molar-refractivity contribution >= 4 is 12.0 Å². The SMILES string of the molecule is O=C(/C=C/c1ccc(OC(F)F)cc1)NCc1ccncc1. The molecule has 0 radical (unpaired) electrons. The van der Waals surface area contributed by atoms with Crippen LogP contribution in [0.2, 0.25) is 0 Å². The number of rotatable bonds is 6. The molecular formula is C16H14F2N2O2. The molecule has 1 heterocycles. The molecule has 1 N–H and O–H groups in total. The summed E-state index contributed by atoms with van der Waals surface area (Å²) in [6.07, 6.45) is 6.28. The summed E-state index contributed by atoms with van der Waals surface area (Å²) in [5, 5.41) is 2.73. The third-order valence-electron chi connectivity index (χ3n) is 2.75. The van der Waals surface area contributed by atoms with Crippen LogP contribution in [-0.2, 0) is 11.3 Å². The number of halogens is 2. The van der Waals surface area contributed by atoms with Crippen LogP contribution in [0.15, 0.2) is 54.9 Å². The van der Waals surface area contributed by atoms with Gasteiger partial charge in [-0.15, -0.1) is 0 Å². The van der Waals surface area contributed by atoms with Gasteiger partial charge >= 0.3 is 6.61 Å². The first-order valence-corrected chi connectivity index (χ1v) is 6.53. The number of nitrogens with one attached hydrogen (secondary N) is 1. The summed E-state index contributed by atoms with van der Waals surface area (Å²) in [7, 11) is 0. The molecule has 114 valence electrons. The minimum Gasteiger partial charge on any atom is -0.435 e. The Morgan fingerprint density at radius 3 is 2.50 bits per heavy atom. The monoisotopic (exact) mass is 304 g/mol. The van der Waals surface area contributed by atoms with Crippen molar-refractivity contribution in [3.05, 3.63) is 66.0 Å². The molecule has 22 heavy (non-hydrogen) atoms. The lowest BCUT2D eigenvalue weighted by Crippen LogP contribution is -2.20. The molecule has 1 amide bonds. The second-order valence-electron chi connectivity index (χ2n) is 4.35. The van der Waals surface area contributed by atoms with Gasteiger partial charge in [0.1, 0.15) is 5.75 Å². The molecule has 4 nitrogen and oxygen atoms in total. The van der Waals surface area contributed by atoms with Gasteiger partial charge in [0.25, 0.3) is 0 Å². The Kier molecular flexibility index (Phi) is 5.59. The summed E-state index contributed by atoms with van der Waals surface area (Å²) in [4.78, 5) is 15.6. The van der Waals surface area contributed by atoms with Crippen LogP contribution in [0.5, 0.6) is 5.75 Å². The lowest BCUT2D eigenvalue weighted by molar-refractivity contribution is -0.116. The first-order valence-electron chi connectivity index (χ1n) is 6.53. The number of hydrogen-bond acceptors (Lipinski definition) is 3. The summed E-state index contributed by atoms with van der Waals surface area (Å²) in [6.45, 7) is -2.44. The highest BCUT2D eigenvalue weighted by Gasteiger charge is 2.03. The van der Waals surface area contributed by atoms with E-state index in [-0.39, 0.29) is 11.7 Å². The number of nitrogens with zero attached hydrogens (tertiary/aromatic N) is 1. The second kappa shape index (κ2) is 7.87. The van der Waals surface area contributed by atoms with E-state index in [0.29, 0.717) is 12.1 Å². The maximum Gasteiger partial charge on any atom is 0.387 e. The van der Waals surface area contributed by atoms with Gasteiger partial charge in [0.15, 0.2) is 0 Å². The Morgan fingerprint density at radius 2 is 1.86 bits per heavy atom. The van der Waals surface area contributed by atoms with E-state index in [2.05, 4.69) is 15.0 Å². The average Bonchev–Trinajstić information content (AvgIpc) is 2.53. The topological polar surface area (TPSA) is 51.2 Å². The van der Waals surface area contributed by atoms with E-state index in [1.54, 1.807) is 30.6 Å². The largest absolute Gasteiger partial charge is 0.435 e. The summed E-state index contributed by atoms with van der Waals surface area (Å²) in [5.74, 6) is -0.168. The predicted molar refractivity (Wildman–Crippen MR) is 78.2 cm³/mol. The van der Waals surface area contributed by atoms with Crippen molar-refractivity contribution in [2.24, 2.45) is 0 Å². The quantitative estimate of drug-likeness (QED) is 0.835. The second-order valence-corrected chi connectivity index (χ2v) is 4.35. The molecule has 0 atom stereocenters. The summed E-state index contributed by atoms with van der Waals surface area (Å²) in [5.41, 5.74) is 1.66. The smallest absolute Gasteiger partial charge is 0.387 e. The number of alkyl halides is 2. The third kappa shape index (κ3) is 5.32. The van der Waals surface area contributed by atoms with E-state index < -0.39 is 6.61 Å². The van der Waals surface area contributed by atoms with E-state index in [1.165, 1.54) is 18.2 Å². The van der Waals surface area contributed by atoms with E-state index in [1.807, 2.05) is 12.1 Å². The van der Waals surface area contributed by atoms with Gasteiger partial charge in [-0.1, -0.05) is 12.1 Å². The Bertz CT molecular complexity index is 628. The van der Waals surface area contributed by atoms with Crippen molar-refractivity contribution in [3.8, 4) is 5.75 Å². The normalized spacial score (nSPS) is 10.9. The highest BCUT2D eigenvalue weighted by atomic mass is 19.3. The van der Waals surface area contributed by atoms with Crippen LogP contribution in [0.3, 0.4) is 0 Å². The molecule has 0 fully saturated rings. The molecule has 1 aromatic heterocycles. The Balaban J connectivity index is 1.84. The van der Waals surface area contributed by atoms with Crippen molar-refractivity contribution < 1.29 is 18.3 Å². The van der Waals surface area contributed by atoms with Crippen molar-refractivity contribution in [1.29, 1.82) is 0 Å². The van der Waals surface area contributed by atoms with Gasteiger partial charge in [-0.05, 0) is 41.5 Å². The zero-order chi connectivity index (χ0) is 15.8. The highest BCUT2D eigenvalue weighted by molar-refractivity contribution is 5.91. The molecule has 0 bridgehead atoms. The van der Waals surface area contributed by atoms with Gasteiger partial charge in [0.2, 0.25) is 5.91 Å². The van der Waals surface area contributed by atoms with Crippen LogP contribution in [0, 0.1) is 0 Å². The first-order chi connectivity index (χ1) is 10.6. The zero-order valence-electron chi connectivity index (χ0n) is 11.6. The van der Waals surface area contributed by atoms with Crippen LogP contribution in [0.25, 0.3) is 6.08 Å². The van der Waals surface area contributed by atoms with Crippen molar-refractivity contribution in [1.82, 2.24) is 10.3 Å². The molecule has 0 spiro atoms. The minimum absolute atomic E-state index is 0.0780. The van der Waals surface area contributed by atoms with Crippen LogP contribution in [-0.4, -0.2) is 17.5 Å². The molecule has 0 aliphatic heterocycles. The number of benzene rings is 1. The Hall–Kier alpha value is -2.76. The molecule has 0 saturated carbocycles. The number of ether oxygens (including phenoxy) is 1. The number of amides is 1. The van der Waals surface area contributed by atoms with Crippen molar-refractivity contribution in [2.75, 3.05) is 0 Å². The van der Waals surface area contributed by atoms with Crippen LogP contribution >= 0.6 is 0 Å². The number of pyridine rings is 1. The van der Waals surface area contributed by atoms with Crippen molar-refractivity contribution in [3.63, 3.8) is 0 Å². The molecular weight excluding hydrogens is 290 g/mol. The Labute approximate surface area is 126 Å². The molecule has 2 aromatic rings. The summed E-state index contributed by atoms with van der Waals surface area (Å²) >= 11 is 0. The predicted octanol–water partition coefficient (Wildman–Crippen LogP) is 3.01. The fourth-order valence-electron chi connectivity index (χ4n) is 1.68. The Morgan fingerprint density at radius 1 is 1.18 bits per heavy atom. The van der Waals surface area contributed by atoms with Gasteiger partial charge in [-0.2, -0.15) is 8.78 Å². The number of hydrogen-bond donors (Lipinski definition) is 1. The summed E-state index contributed by atoms with van der Waals surface area (Å²) < 4.78 is 28.3. The maximum atomic E-state index is 12.0. The van der Waals surface area contributed by atoms with Crippen molar-refractivity contribution in [2.45, 2.75) is 13.2 Å². The van der Waals surface area contributed by atoms with Gasteiger partial charge < -0.3 is 10.1 Å². The molecule has 6 heteroatoms. The van der Waals surface area contributed by atoms with E-state index in [0.717, 1.165) is 5.56 Å². The number of carbonyl (C=O) groups is 1. The molecule has 0 aliphatic carbocycles. The highest BCUT2D eigenvalue weighted by Crippen LogP contribution is 2.15. The zero-order valence-corrected chi connectivity index (χ0v) is 11.6. The molecule has 0 aliphatic rings. The average molecular weight is 304 g/mol. The minimum atomic E-state index is -2.85. The van der Waals surface area contributed by atoms with Gasteiger partial charge in [0.05, 0.1) is 0 Å². The van der Waals surface area contributed by atoms with Gasteiger partial charge in [-0.3, -0.25) is 9.78 Å². The molecule has 0 unspecified atom stereocenters. The fourth-order valence-corrected chi connectivity index (χ4v) is 1.68. The summed E-state index contributed by atoms with van der Waals surface area (Å²) in [6, 6.07) is 9.63. The fraction of sp³-hybridized carbons (Fsp3) is 0.125. The number of aromatic nitrogens is 1. The molecule has 1 aromatic carbocycles. The molecule has 2 rings (SSSR count). The van der Waals surface area contributed by atoms with Crippen LogP contribution < -0.4 is 10.1 Å². The standard InChI is InChI=1S/C16H14F2N2O2/c17-16(18)22-14-4-1-12(2-5-14)3-6-15(21)20-11-13-7-9-19-10-8-13/h1-10,16H,11H2,(H,20,21)/b6-3+. The van der Waals surface area contributed by atoms with E-state index >= 15 is 0 Å². The van der Waals surface area contributed by atoms with Gasteiger partial charge in [-0.25, -0.2) is 0 Å². The van der Waals surface area contributed by atoms with Crippen LogP contribution in [0.4, 0.5) is 8.78 Å². The number of carbonyl (C=O) groups excluding carboxylic acids is 1. The first kappa shape index (κ1) is 15.6. The van der Waals surface area contributed by atoms with Gasteiger partial charge in [0, 0.05) is 25.0 Å². The van der Waals surface area contributed by atoms with Crippen LogP contribution in [0.1, 0.15) is 11.1 Å². The maximum absolute atomic E-state index is 12.0. The van der Waals surface area contributed by atoms with E-state index in [4.69, 9.17) is 0 Å². The lowest BCUT2D eigenvalue weighted by atomic mass is 10.2.